The predicted octanol–water partition coefficient (Wildman–Crippen LogP) is 0.142. The summed E-state index contributed by atoms with van der Waals surface area (Å²) in [5.41, 5.74) is 0. The number of hydrogen-bond acceptors (Lipinski definition) is 2. The molecule has 0 aromatic carbocycles. The highest BCUT2D eigenvalue weighted by atomic mass is 29.6. The fourth-order valence-corrected chi connectivity index (χ4v) is 20.5. The minimum absolute atomic E-state index is 0.208. The molecule has 0 aromatic heterocycles. The highest BCUT2D eigenvalue weighted by Crippen LogP contribution is 2.08. The van der Waals surface area contributed by atoms with Gasteiger partial charge in [-0.15, -0.1) is 0 Å². The van der Waals surface area contributed by atoms with Crippen molar-refractivity contribution in [3.05, 3.63) is 12.8 Å². The summed E-state index contributed by atoms with van der Waals surface area (Å²) >= 11 is 0. The van der Waals surface area contributed by atoms with Crippen LogP contribution in [0.2, 0.25) is 19.1 Å². The van der Waals surface area contributed by atoms with Gasteiger partial charge < -0.3 is 9.33 Å². The molecule has 2 rings (SSSR count). The molecule has 1 amide bonds. The first-order valence-corrected chi connectivity index (χ1v) is 16.3. The molecule has 2 fully saturated rings. The summed E-state index contributed by atoms with van der Waals surface area (Å²) in [6.07, 6.45) is 3.28. The van der Waals surface area contributed by atoms with E-state index in [-0.39, 0.29) is 5.91 Å². The number of nitrogens with zero attached hydrogens (tertiary/aromatic N) is 1. The lowest BCUT2D eigenvalue weighted by molar-refractivity contribution is -0.125. The van der Waals surface area contributed by atoms with Gasteiger partial charge in [-0.3, -0.25) is 4.79 Å². The standard InChI is InChI=1S/C6H9NO.C4H14OSi3/c1-2-7-5-3-4-6(7)8;1-8(2)5-3-4-6-7-8/h2H,1,3-5H2;3-4,6-7H2,1-2H3. The Morgan fingerprint density at radius 3 is 2.56 bits per heavy atom. The molecule has 0 aromatic rings. The molecule has 0 N–H and O–H groups in total. The van der Waals surface area contributed by atoms with Gasteiger partial charge in [0, 0.05) is 37.2 Å². The minimum Gasteiger partial charge on any atom is -0.421 e. The van der Waals surface area contributed by atoms with Crippen LogP contribution in [0.4, 0.5) is 0 Å². The summed E-state index contributed by atoms with van der Waals surface area (Å²) in [5.74, 6) is 0.208. The maximum atomic E-state index is 10.7. The van der Waals surface area contributed by atoms with Crippen LogP contribution in [0.1, 0.15) is 12.8 Å². The Kier molecular flexibility index (Phi) is 5.67. The van der Waals surface area contributed by atoms with Gasteiger partial charge in [0.05, 0.1) is 0 Å². The zero-order valence-electron chi connectivity index (χ0n) is 10.5. The molecule has 0 saturated carbocycles. The van der Waals surface area contributed by atoms with Gasteiger partial charge >= 0.3 is 0 Å². The van der Waals surface area contributed by atoms with Crippen molar-refractivity contribution in [3.63, 3.8) is 0 Å². The Labute approximate surface area is 104 Å². The van der Waals surface area contributed by atoms with E-state index in [2.05, 4.69) is 19.7 Å². The second-order valence-electron chi connectivity index (χ2n) is 4.94. The van der Waals surface area contributed by atoms with E-state index in [1.807, 2.05) is 0 Å². The van der Waals surface area contributed by atoms with E-state index in [4.69, 9.17) is 4.43 Å². The zero-order chi connectivity index (χ0) is 12.0. The molecule has 0 radical (unpaired) electrons. The van der Waals surface area contributed by atoms with E-state index >= 15 is 0 Å². The van der Waals surface area contributed by atoms with Crippen molar-refractivity contribution in [2.75, 3.05) is 13.2 Å². The van der Waals surface area contributed by atoms with Crippen LogP contribution >= 0.6 is 0 Å². The molecule has 2 saturated heterocycles. The Bertz CT molecular complexity index is 250. The van der Waals surface area contributed by atoms with Gasteiger partial charge in [-0.05, 0) is 31.8 Å². The van der Waals surface area contributed by atoms with Crippen LogP contribution in [-0.4, -0.2) is 49.4 Å². The number of rotatable bonds is 1. The van der Waals surface area contributed by atoms with Crippen molar-refractivity contribution in [1.29, 1.82) is 0 Å². The molecule has 92 valence electrons. The van der Waals surface area contributed by atoms with E-state index in [0.717, 1.165) is 19.6 Å². The van der Waals surface area contributed by atoms with E-state index in [9.17, 15) is 4.79 Å². The van der Waals surface area contributed by atoms with Crippen LogP contribution in [0, 0.1) is 0 Å². The quantitative estimate of drug-likeness (QED) is 0.636. The lowest BCUT2D eigenvalue weighted by Gasteiger charge is -2.26. The van der Waals surface area contributed by atoms with Crippen LogP contribution in [0.3, 0.4) is 0 Å². The van der Waals surface area contributed by atoms with Gasteiger partial charge in [0.1, 0.15) is 0 Å². The average molecular weight is 274 g/mol. The SMILES string of the molecule is C=CN1CCCC1=O.C[Si]1(C)OCC[SiH2][SiH2]1. The highest BCUT2D eigenvalue weighted by Gasteiger charge is 2.24. The monoisotopic (exact) mass is 273 g/mol. The topological polar surface area (TPSA) is 29.5 Å². The third kappa shape index (κ3) is 4.77. The molecule has 3 nitrogen and oxygen atoms in total. The predicted molar refractivity (Wildman–Crippen MR) is 76.5 cm³/mol. The molecular weight excluding hydrogens is 250 g/mol. The summed E-state index contributed by atoms with van der Waals surface area (Å²) in [7, 11) is -0.0179. The van der Waals surface area contributed by atoms with Crippen molar-refractivity contribution >= 4 is 31.3 Å². The normalized spacial score (nSPS) is 26.6. The van der Waals surface area contributed by atoms with Gasteiger partial charge in [-0.2, -0.15) is 0 Å². The molecule has 16 heavy (non-hydrogen) atoms. The first kappa shape index (κ1) is 13.9. The number of carbonyl (C=O) groups excluding carboxylic acids is 1. The van der Waals surface area contributed by atoms with E-state index in [0.29, 0.717) is 24.0 Å². The maximum absolute atomic E-state index is 10.7. The summed E-state index contributed by atoms with van der Waals surface area (Å²) in [4.78, 5) is 12.3. The first-order chi connectivity index (χ1) is 7.55. The summed E-state index contributed by atoms with van der Waals surface area (Å²) in [6.45, 7) is 10.3. The highest BCUT2D eigenvalue weighted by molar-refractivity contribution is 7.41. The molecular formula is C10H23NO2Si3. The minimum atomic E-state index is -0.890. The molecule has 0 aliphatic carbocycles. The first-order valence-electron chi connectivity index (χ1n) is 6.11. The lowest BCUT2D eigenvalue weighted by atomic mass is 10.4. The van der Waals surface area contributed by atoms with E-state index < -0.39 is 7.83 Å². The Morgan fingerprint density at radius 1 is 1.56 bits per heavy atom. The van der Waals surface area contributed by atoms with Gasteiger partial charge in [0.25, 0.3) is 0 Å². The Hall–Kier alpha value is -0.179. The molecule has 2 heterocycles. The van der Waals surface area contributed by atoms with Crippen molar-refractivity contribution in [2.45, 2.75) is 32.0 Å². The average Bonchev–Trinajstić information content (AvgIpc) is 2.64. The van der Waals surface area contributed by atoms with Crippen LogP contribution in [-0.2, 0) is 9.22 Å². The van der Waals surface area contributed by atoms with Gasteiger partial charge in [-0.25, -0.2) is 0 Å². The molecule has 2 aliphatic rings. The van der Waals surface area contributed by atoms with Crippen molar-refractivity contribution in [2.24, 2.45) is 0 Å². The van der Waals surface area contributed by atoms with Gasteiger partial charge in [0.15, 0.2) is 7.83 Å². The third-order valence-corrected chi connectivity index (χ3v) is 27.1. The second-order valence-corrected chi connectivity index (χ2v) is 23.9. The number of amides is 1. The maximum Gasteiger partial charge on any atom is 0.226 e. The smallest absolute Gasteiger partial charge is 0.226 e. The van der Waals surface area contributed by atoms with Crippen molar-refractivity contribution in [3.8, 4) is 0 Å². The summed E-state index contributed by atoms with van der Waals surface area (Å²) in [5, 5.41) is 0. The third-order valence-electron chi connectivity index (χ3n) is 3.00. The second kappa shape index (κ2) is 6.53. The Balaban J connectivity index is 0.000000160. The fraction of sp³-hybridized carbons (Fsp3) is 0.700. The van der Waals surface area contributed by atoms with Crippen molar-refractivity contribution in [1.82, 2.24) is 4.90 Å². The van der Waals surface area contributed by atoms with Crippen molar-refractivity contribution < 1.29 is 9.22 Å². The number of hydrogen-bond donors (Lipinski definition) is 0. The van der Waals surface area contributed by atoms with Crippen LogP contribution < -0.4 is 0 Å². The van der Waals surface area contributed by atoms with Crippen LogP contribution in [0.15, 0.2) is 12.8 Å². The number of carbonyl (C=O) groups is 1. The fourth-order valence-electron chi connectivity index (χ4n) is 1.94. The molecule has 0 bridgehead atoms. The molecule has 0 unspecified atom stereocenters. The Morgan fingerprint density at radius 2 is 2.31 bits per heavy atom. The lowest BCUT2D eigenvalue weighted by Crippen LogP contribution is -2.46. The van der Waals surface area contributed by atoms with Gasteiger partial charge in [0.2, 0.25) is 5.91 Å². The largest absolute Gasteiger partial charge is 0.421 e. The molecule has 6 heteroatoms. The zero-order valence-corrected chi connectivity index (χ0v) is 14.3. The molecule has 2 aliphatic heterocycles. The van der Waals surface area contributed by atoms with Crippen LogP contribution in [0.5, 0.6) is 0 Å². The number of likely N-dealkylation sites (tertiary alicyclic amines) is 1. The van der Waals surface area contributed by atoms with Crippen LogP contribution in [0.25, 0.3) is 0 Å². The molecule has 0 atom stereocenters. The van der Waals surface area contributed by atoms with E-state index in [1.54, 1.807) is 11.1 Å². The summed E-state index contributed by atoms with van der Waals surface area (Å²) in [6, 6.07) is 1.49. The van der Waals surface area contributed by atoms with E-state index in [1.165, 1.54) is 6.04 Å². The van der Waals surface area contributed by atoms with Gasteiger partial charge in [-0.1, -0.05) is 6.58 Å². The summed E-state index contributed by atoms with van der Waals surface area (Å²) < 4.78 is 5.70. The molecule has 0 spiro atoms.